The smallest absolute Gasteiger partial charge is 0.319 e. The summed E-state index contributed by atoms with van der Waals surface area (Å²) in [6.07, 6.45) is 2.05. The maximum Gasteiger partial charge on any atom is 0.319 e. The zero-order valence-electron chi connectivity index (χ0n) is 18.7. The molecule has 2 heterocycles. The lowest BCUT2D eigenvalue weighted by Gasteiger charge is -2.16. The Balaban J connectivity index is 0.00000385. The Morgan fingerprint density at radius 3 is 2.55 bits per heavy atom. The van der Waals surface area contributed by atoms with E-state index in [0.29, 0.717) is 34.4 Å². The van der Waals surface area contributed by atoms with Crippen LogP contribution in [0.3, 0.4) is 0 Å². The molecule has 0 fully saturated rings. The summed E-state index contributed by atoms with van der Waals surface area (Å²) in [5, 5.41) is 17.7. The summed E-state index contributed by atoms with van der Waals surface area (Å²) < 4.78 is 29.0. The summed E-state index contributed by atoms with van der Waals surface area (Å²) in [4.78, 5) is 20.9. The molecule has 0 radical (unpaired) electrons. The van der Waals surface area contributed by atoms with Crippen molar-refractivity contribution in [3.63, 3.8) is 0 Å². The molecule has 2 amide bonds. The molecule has 3 rings (SSSR count). The van der Waals surface area contributed by atoms with Gasteiger partial charge in [-0.15, -0.1) is 12.4 Å². The first-order valence-corrected chi connectivity index (χ1v) is 10.0. The first-order valence-electron chi connectivity index (χ1n) is 10.0. The molecule has 10 heteroatoms. The van der Waals surface area contributed by atoms with Crippen molar-refractivity contribution >= 4 is 40.8 Å². The number of aryl methyl sites for hydroxylation is 1. The normalized spacial score (nSPS) is 10.8. The summed E-state index contributed by atoms with van der Waals surface area (Å²) in [5.41, 5.74) is 1.05. The second-order valence-electron chi connectivity index (χ2n) is 8.07. The van der Waals surface area contributed by atoms with E-state index >= 15 is 0 Å². The van der Waals surface area contributed by atoms with Crippen LogP contribution in [0.4, 0.5) is 25.1 Å². The summed E-state index contributed by atoms with van der Waals surface area (Å²) in [7, 11) is 1.75. The number of carbonyl (C=O) groups excluding carboxylic acids is 1. The van der Waals surface area contributed by atoms with Crippen LogP contribution in [-0.2, 0) is 0 Å². The van der Waals surface area contributed by atoms with Crippen LogP contribution in [0.15, 0.2) is 30.5 Å². The van der Waals surface area contributed by atoms with Crippen molar-refractivity contribution in [2.75, 3.05) is 24.2 Å². The van der Waals surface area contributed by atoms with Gasteiger partial charge in [0, 0.05) is 54.1 Å². The molecule has 33 heavy (non-hydrogen) atoms. The van der Waals surface area contributed by atoms with Gasteiger partial charge >= 0.3 is 6.03 Å². The Kier molecular flexibility index (Phi) is 8.12. The molecule has 0 aliphatic carbocycles. The maximum atomic E-state index is 14.7. The van der Waals surface area contributed by atoms with E-state index in [9.17, 15) is 13.6 Å². The van der Waals surface area contributed by atoms with Crippen LogP contribution in [0.5, 0.6) is 0 Å². The molecular weight excluding hydrogens is 450 g/mol. The molecule has 0 atom stereocenters. The highest BCUT2D eigenvalue weighted by Crippen LogP contribution is 2.32. The molecule has 0 unspecified atom stereocenters. The molecular formula is C23H25ClF2N6O. The van der Waals surface area contributed by atoms with Gasteiger partial charge in [-0.25, -0.2) is 18.6 Å². The summed E-state index contributed by atoms with van der Waals surface area (Å²) >= 11 is 0. The number of halogens is 3. The second-order valence-corrected chi connectivity index (χ2v) is 8.07. The minimum absolute atomic E-state index is 0. The number of pyridine rings is 2. The molecule has 1 aromatic carbocycles. The Morgan fingerprint density at radius 2 is 1.88 bits per heavy atom. The van der Waals surface area contributed by atoms with Crippen LogP contribution in [0.1, 0.15) is 26.0 Å². The fourth-order valence-electron chi connectivity index (χ4n) is 3.14. The molecule has 3 N–H and O–H groups in total. The van der Waals surface area contributed by atoms with Crippen LogP contribution in [0.25, 0.3) is 22.0 Å². The standard InChI is InChI=1S/C23H24F2N6O.ClH/c1-13-15(7-14-11-29-21(27-4)10-19(14)30-13)16-8-20(18(25)9-17(16)24)31-22(32)28-6-5-23(2,3)12-26;/h7-11H,5-6H2,1-4H3,(H,27,29)(H2,28,31,32);1H. The number of amides is 2. The first-order chi connectivity index (χ1) is 15.1. The van der Waals surface area contributed by atoms with E-state index in [4.69, 9.17) is 5.26 Å². The van der Waals surface area contributed by atoms with Gasteiger partial charge in [0.1, 0.15) is 17.5 Å². The predicted molar refractivity (Wildman–Crippen MR) is 127 cm³/mol. The highest BCUT2D eigenvalue weighted by Gasteiger charge is 2.18. The lowest BCUT2D eigenvalue weighted by Crippen LogP contribution is -2.32. The van der Waals surface area contributed by atoms with Crippen LogP contribution in [0, 0.1) is 35.3 Å². The minimum Gasteiger partial charge on any atom is -0.373 e. The van der Waals surface area contributed by atoms with Crippen LogP contribution < -0.4 is 16.0 Å². The topological polar surface area (TPSA) is 103 Å². The molecule has 0 saturated carbocycles. The van der Waals surface area contributed by atoms with Crippen molar-refractivity contribution in [1.82, 2.24) is 15.3 Å². The molecule has 7 nitrogen and oxygen atoms in total. The fraction of sp³-hybridized carbons (Fsp3) is 0.304. The highest BCUT2D eigenvalue weighted by atomic mass is 35.5. The number of hydrogen-bond acceptors (Lipinski definition) is 5. The molecule has 0 aliphatic rings. The monoisotopic (exact) mass is 474 g/mol. The SMILES string of the molecule is CNc1cc2nc(C)c(-c3cc(NC(=O)NCCC(C)(C)C#N)c(F)cc3F)cc2cn1.Cl. The number of aromatic nitrogens is 2. The Labute approximate surface area is 197 Å². The molecule has 3 aromatic rings. The van der Waals surface area contributed by atoms with Crippen molar-refractivity contribution in [3.8, 4) is 17.2 Å². The summed E-state index contributed by atoms with van der Waals surface area (Å²) in [6, 6.07) is 6.98. The Morgan fingerprint density at radius 1 is 1.15 bits per heavy atom. The van der Waals surface area contributed by atoms with Crippen molar-refractivity contribution in [2.24, 2.45) is 5.41 Å². The molecule has 0 saturated heterocycles. The number of nitriles is 1. The number of hydrogen-bond donors (Lipinski definition) is 3. The molecule has 2 aromatic heterocycles. The third kappa shape index (κ3) is 6.05. The van der Waals surface area contributed by atoms with Gasteiger partial charge < -0.3 is 16.0 Å². The second kappa shape index (κ2) is 10.4. The van der Waals surface area contributed by atoms with Crippen LogP contribution >= 0.6 is 12.4 Å². The van der Waals surface area contributed by atoms with E-state index in [2.05, 4.69) is 32.0 Å². The van der Waals surface area contributed by atoms with Gasteiger partial charge in [-0.05, 0) is 39.3 Å². The summed E-state index contributed by atoms with van der Waals surface area (Å²) in [6.45, 7) is 5.48. The van der Waals surface area contributed by atoms with E-state index in [-0.39, 0.29) is 30.2 Å². The number of anilines is 2. The van der Waals surface area contributed by atoms with Crippen molar-refractivity contribution in [2.45, 2.75) is 27.2 Å². The van der Waals surface area contributed by atoms with Crippen LogP contribution in [-0.4, -0.2) is 29.6 Å². The van der Waals surface area contributed by atoms with Gasteiger partial charge in [-0.1, -0.05) is 0 Å². The fourth-order valence-corrected chi connectivity index (χ4v) is 3.14. The van der Waals surface area contributed by atoms with Gasteiger partial charge in [-0.2, -0.15) is 5.26 Å². The zero-order chi connectivity index (χ0) is 23.5. The third-order valence-electron chi connectivity index (χ3n) is 5.08. The van der Waals surface area contributed by atoms with Gasteiger partial charge in [0.25, 0.3) is 0 Å². The van der Waals surface area contributed by atoms with Gasteiger partial charge in [-0.3, -0.25) is 4.98 Å². The van der Waals surface area contributed by atoms with Gasteiger partial charge in [0.05, 0.1) is 22.7 Å². The number of carbonyl (C=O) groups is 1. The van der Waals surface area contributed by atoms with E-state index < -0.39 is 23.1 Å². The number of nitrogens with one attached hydrogen (secondary N) is 3. The minimum atomic E-state index is -0.898. The number of rotatable bonds is 6. The zero-order valence-corrected chi connectivity index (χ0v) is 19.5. The van der Waals surface area contributed by atoms with Gasteiger partial charge in [0.15, 0.2) is 0 Å². The number of fused-ring (bicyclic) bond motifs is 1. The third-order valence-corrected chi connectivity index (χ3v) is 5.08. The van der Waals surface area contributed by atoms with E-state index in [1.165, 1.54) is 6.07 Å². The van der Waals surface area contributed by atoms with Crippen molar-refractivity contribution in [3.05, 3.63) is 47.8 Å². The quantitative estimate of drug-likeness (QED) is 0.443. The molecule has 0 bridgehead atoms. The summed E-state index contributed by atoms with van der Waals surface area (Å²) in [5.74, 6) is -1.01. The average Bonchev–Trinajstić information content (AvgIpc) is 2.74. The predicted octanol–water partition coefficient (Wildman–Crippen LogP) is 5.41. The Hall–Kier alpha value is -3.51. The van der Waals surface area contributed by atoms with E-state index in [0.717, 1.165) is 6.07 Å². The number of nitrogens with zero attached hydrogens (tertiary/aromatic N) is 3. The first kappa shape index (κ1) is 25.7. The lowest BCUT2D eigenvalue weighted by atomic mass is 9.92. The van der Waals surface area contributed by atoms with Crippen LogP contribution in [0.2, 0.25) is 0 Å². The molecule has 0 spiro atoms. The van der Waals surface area contributed by atoms with Gasteiger partial charge in [0.2, 0.25) is 0 Å². The van der Waals surface area contributed by atoms with Crippen molar-refractivity contribution < 1.29 is 13.6 Å². The average molecular weight is 475 g/mol. The molecule has 174 valence electrons. The highest BCUT2D eigenvalue weighted by molar-refractivity contribution is 5.91. The van der Waals surface area contributed by atoms with E-state index in [1.807, 2.05) is 0 Å². The van der Waals surface area contributed by atoms with E-state index in [1.54, 1.807) is 46.1 Å². The number of benzene rings is 1. The van der Waals surface area contributed by atoms with Crippen molar-refractivity contribution in [1.29, 1.82) is 5.26 Å². The number of urea groups is 1. The largest absolute Gasteiger partial charge is 0.373 e. The maximum absolute atomic E-state index is 14.7. The lowest BCUT2D eigenvalue weighted by molar-refractivity contribution is 0.250. The Bertz CT molecular complexity index is 1230. The molecule has 0 aliphatic heterocycles.